The fourth-order valence-electron chi connectivity index (χ4n) is 1.43. The van der Waals surface area contributed by atoms with E-state index in [-0.39, 0.29) is 5.75 Å². The number of hydrogen-bond donors (Lipinski definition) is 1. The Labute approximate surface area is 81.0 Å². The largest absolute Gasteiger partial charge is 0.215 e. The Bertz CT molecular complexity index is 244. The van der Waals surface area contributed by atoms with Crippen molar-refractivity contribution in [3.05, 3.63) is 0 Å². The van der Waals surface area contributed by atoms with Gasteiger partial charge >= 0.3 is 0 Å². The molecule has 0 aromatic rings. The van der Waals surface area contributed by atoms with Crippen LogP contribution in [0.25, 0.3) is 0 Å². The maximum atomic E-state index is 11.3. The van der Waals surface area contributed by atoms with Gasteiger partial charge in [0.1, 0.15) is 0 Å². The fraction of sp³-hybridized carbons (Fsp3) is 1.00. The third-order valence-electron chi connectivity index (χ3n) is 2.52. The summed E-state index contributed by atoms with van der Waals surface area (Å²) in [4.78, 5) is 0. The molecule has 1 aliphatic rings. The van der Waals surface area contributed by atoms with Crippen molar-refractivity contribution in [3.8, 4) is 0 Å². The van der Waals surface area contributed by atoms with Crippen molar-refractivity contribution < 1.29 is 8.42 Å². The molecule has 1 N–H and O–H groups in total. The molecule has 1 unspecified atom stereocenters. The molecule has 1 rings (SSSR count). The van der Waals surface area contributed by atoms with Crippen LogP contribution in [0, 0.1) is 11.8 Å². The topological polar surface area (TPSA) is 46.2 Å². The molecule has 0 heterocycles. The van der Waals surface area contributed by atoms with E-state index in [0.717, 1.165) is 5.92 Å². The Morgan fingerprint density at radius 3 is 2.54 bits per heavy atom. The molecule has 0 bridgehead atoms. The molecule has 1 fully saturated rings. The van der Waals surface area contributed by atoms with Gasteiger partial charge in [0.05, 0.1) is 5.75 Å². The highest BCUT2D eigenvalue weighted by Crippen LogP contribution is 2.36. The smallest absolute Gasteiger partial charge is 0.211 e. The van der Waals surface area contributed by atoms with Crippen molar-refractivity contribution in [1.82, 2.24) is 4.72 Å². The number of rotatable bonds is 6. The van der Waals surface area contributed by atoms with E-state index in [9.17, 15) is 8.42 Å². The van der Waals surface area contributed by atoms with Crippen molar-refractivity contribution in [1.29, 1.82) is 0 Å². The number of hydrogen-bond acceptors (Lipinski definition) is 2. The van der Waals surface area contributed by atoms with Crippen LogP contribution in [0.15, 0.2) is 0 Å². The normalized spacial score (nSPS) is 20.2. The molecular formula is C9H19NO2S. The Kier molecular flexibility index (Phi) is 3.74. The van der Waals surface area contributed by atoms with E-state index in [1.54, 1.807) is 0 Å². The maximum Gasteiger partial charge on any atom is 0.211 e. The van der Waals surface area contributed by atoms with Gasteiger partial charge in [-0.3, -0.25) is 0 Å². The van der Waals surface area contributed by atoms with Crippen LogP contribution in [0.5, 0.6) is 0 Å². The first kappa shape index (κ1) is 11.0. The molecule has 78 valence electrons. The third-order valence-corrected chi connectivity index (χ3v) is 4.08. The van der Waals surface area contributed by atoms with Crippen molar-refractivity contribution >= 4 is 10.0 Å². The third kappa shape index (κ3) is 4.09. The first-order chi connectivity index (χ1) is 6.05. The molecule has 0 amide bonds. The SMILES string of the molecule is CCCS(=O)(=O)NCC(C)C1CC1. The van der Waals surface area contributed by atoms with Crippen molar-refractivity contribution in [2.24, 2.45) is 11.8 Å². The second kappa shape index (κ2) is 4.42. The Balaban J connectivity index is 2.23. The van der Waals surface area contributed by atoms with E-state index in [4.69, 9.17) is 0 Å². The van der Waals surface area contributed by atoms with E-state index in [1.807, 2.05) is 6.92 Å². The van der Waals surface area contributed by atoms with E-state index in [0.29, 0.717) is 18.9 Å². The summed E-state index contributed by atoms with van der Waals surface area (Å²) >= 11 is 0. The summed E-state index contributed by atoms with van der Waals surface area (Å²) in [6.07, 6.45) is 3.24. The second-order valence-electron chi connectivity index (χ2n) is 3.98. The van der Waals surface area contributed by atoms with Crippen molar-refractivity contribution in [2.75, 3.05) is 12.3 Å². The molecular weight excluding hydrogens is 186 g/mol. The molecule has 3 nitrogen and oxygen atoms in total. The van der Waals surface area contributed by atoms with Crippen LogP contribution >= 0.6 is 0 Å². The first-order valence-corrected chi connectivity index (χ1v) is 6.67. The van der Waals surface area contributed by atoms with Gasteiger partial charge in [0.2, 0.25) is 10.0 Å². The minimum absolute atomic E-state index is 0.254. The molecule has 0 aromatic carbocycles. The van der Waals surface area contributed by atoms with Crippen LogP contribution in [-0.4, -0.2) is 20.7 Å². The zero-order valence-corrected chi connectivity index (χ0v) is 9.23. The lowest BCUT2D eigenvalue weighted by Crippen LogP contribution is -2.30. The summed E-state index contributed by atoms with van der Waals surface area (Å²) in [7, 11) is -2.98. The number of nitrogens with one attached hydrogen (secondary N) is 1. The number of sulfonamides is 1. The van der Waals surface area contributed by atoms with Crippen molar-refractivity contribution in [3.63, 3.8) is 0 Å². The minimum atomic E-state index is -2.98. The lowest BCUT2D eigenvalue weighted by Gasteiger charge is -2.11. The highest BCUT2D eigenvalue weighted by atomic mass is 32.2. The van der Waals surface area contributed by atoms with Gasteiger partial charge in [-0.2, -0.15) is 0 Å². The van der Waals surface area contributed by atoms with Crippen LogP contribution in [0.1, 0.15) is 33.1 Å². The monoisotopic (exact) mass is 205 g/mol. The summed E-state index contributed by atoms with van der Waals surface area (Å²) in [5.41, 5.74) is 0. The summed E-state index contributed by atoms with van der Waals surface area (Å²) < 4.78 is 25.2. The molecule has 1 atom stereocenters. The summed E-state index contributed by atoms with van der Waals surface area (Å²) in [6.45, 7) is 4.61. The molecule has 1 saturated carbocycles. The second-order valence-corrected chi connectivity index (χ2v) is 5.91. The quantitative estimate of drug-likeness (QED) is 0.711. The standard InChI is InChI=1S/C9H19NO2S/c1-3-6-13(11,12)10-7-8(2)9-4-5-9/h8-10H,3-7H2,1-2H3. The predicted molar refractivity (Wildman–Crippen MR) is 54.0 cm³/mol. The van der Waals surface area contributed by atoms with E-state index in [2.05, 4.69) is 11.6 Å². The molecule has 0 aromatic heterocycles. The first-order valence-electron chi connectivity index (χ1n) is 5.02. The van der Waals surface area contributed by atoms with Gasteiger partial charge in [0.15, 0.2) is 0 Å². The van der Waals surface area contributed by atoms with Crippen molar-refractivity contribution in [2.45, 2.75) is 33.1 Å². The average Bonchev–Trinajstić information content (AvgIpc) is 2.82. The molecule has 1 aliphatic carbocycles. The molecule has 4 heteroatoms. The molecule has 0 saturated heterocycles. The van der Waals surface area contributed by atoms with Gasteiger partial charge < -0.3 is 0 Å². The zero-order chi connectivity index (χ0) is 9.90. The zero-order valence-electron chi connectivity index (χ0n) is 8.41. The fourth-order valence-corrected chi connectivity index (χ4v) is 2.63. The van der Waals surface area contributed by atoms with Crippen LogP contribution in [0.3, 0.4) is 0 Å². The highest BCUT2D eigenvalue weighted by Gasteiger charge is 2.28. The van der Waals surface area contributed by atoms with E-state index >= 15 is 0 Å². The minimum Gasteiger partial charge on any atom is -0.215 e. The average molecular weight is 205 g/mol. The summed E-state index contributed by atoms with van der Waals surface area (Å²) in [5, 5.41) is 0. The molecule has 13 heavy (non-hydrogen) atoms. The van der Waals surface area contributed by atoms with Gasteiger partial charge in [-0.25, -0.2) is 13.1 Å². The van der Waals surface area contributed by atoms with Crippen LogP contribution in [0.4, 0.5) is 0 Å². The highest BCUT2D eigenvalue weighted by molar-refractivity contribution is 7.89. The van der Waals surface area contributed by atoms with Gasteiger partial charge in [-0.1, -0.05) is 13.8 Å². The summed E-state index contributed by atoms with van der Waals surface area (Å²) in [5.74, 6) is 1.53. The maximum absolute atomic E-state index is 11.3. The van der Waals surface area contributed by atoms with Crippen LogP contribution < -0.4 is 4.72 Å². The van der Waals surface area contributed by atoms with Gasteiger partial charge in [-0.05, 0) is 31.1 Å². The Hall–Kier alpha value is -0.0900. The lowest BCUT2D eigenvalue weighted by atomic mass is 10.1. The van der Waals surface area contributed by atoms with E-state index in [1.165, 1.54) is 12.8 Å². The van der Waals surface area contributed by atoms with Crippen LogP contribution in [-0.2, 0) is 10.0 Å². The lowest BCUT2D eigenvalue weighted by molar-refractivity contribution is 0.491. The predicted octanol–water partition coefficient (Wildman–Crippen LogP) is 1.36. The molecule has 0 spiro atoms. The molecule has 0 aliphatic heterocycles. The Morgan fingerprint density at radius 2 is 2.08 bits per heavy atom. The summed E-state index contributed by atoms with van der Waals surface area (Å²) in [6, 6.07) is 0. The molecule has 0 radical (unpaired) electrons. The van der Waals surface area contributed by atoms with Gasteiger partial charge in [0, 0.05) is 6.54 Å². The Morgan fingerprint density at radius 1 is 1.46 bits per heavy atom. The van der Waals surface area contributed by atoms with Gasteiger partial charge in [-0.15, -0.1) is 0 Å². The van der Waals surface area contributed by atoms with Gasteiger partial charge in [0.25, 0.3) is 0 Å². The van der Waals surface area contributed by atoms with E-state index < -0.39 is 10.0 Å². The van der Waals surface area contributed by atoms with Crippen LogP contribution in [0.2, 0.25) is 0 Å².